The zero-order valence-electron chi connectivity index (χ0n) is 6.53. The minimum atomic E-state index is -0.505. The minimum Gasteiger partial charge on any atom is -0.629 e. The average Bonchev–Trinajstić information content (AvgIpc) is 2.03. The Morgan fingerprint density at radius 2 is 2.42 bits per heavy atom. The molecule has 1 rings (SSSR count). The lowest BCUT2D eigenvalue weighted by Crippen LogP contribution is -3.03. The van der Waals surface area contributed by atoms with Gasteiger partial charge in [0.05, 0.1) is 11.0 Å². The second-order valence-electron chi connectivity index (χ2n) is 2.35. The van der Waals surface area contributed by atoms with Crippen molar-refractivity contribution >= 4 is 0 Å². The summed E-state index contributed by atoms with van der Waals surface area (Å²) in [5.41, 5.74) is 0.338. The quantitative estimate of drug-likeness (QED) is 0.304. The summed E-state index contributed by atoms with van der Waals surface area (Å²) in [4.78, 5) is 9.87. The standard InChI is InChI=1S/C6H9N3O3/c1-7-5-4-8(10)3-2-6(5)9(11)12/h2-3,7-8H,4H2,1H3. The Kier molecular flexibility index (Phi) is 2.41. The van der Waals surface area contributed by atoms with Crippen LogP contribution in [0.25, 0.3) is 0 Å². The van der Waals surface area contributed by atoms with E-state index in [1.807, 2.05) is 0 Å². The largest absolute Gasteiger partial charge is 0.629 e. The summed E-state index contributed by atoms with van der Waals surface area (Å²) in [7, 11) is 1.56. The highest BCUT2D eigenvalue weighted by Gasteiger charge is 2.20. The molecule has 0 radical (unpaired) electrons. The molecule has 1 heterocycles. The third-order valence-electron chi connectivity index (χ3n) is 1.59. The molecule has 0 amide bonds. The molecule has 0 saturated carbocycles. The second-order valence-corrected chi connectivity index (χ2v) is 2.35. The second kappa shape index (κ2) is 3.33. The van der Waals surface area contributed by atoms with Gasteiger partial charge in [0.25, 0.3) is 5.70 Å². The first-order valence-electron chi connectivity index (χ1n) is 3.41. The lowest BCUT2D eigenvalue weighted by Gasteiger charge is -2.21. The van der Waals surface area contributed by atoms with Crippen LogP contribution in [0.3, 0.4) is 0 Å². The van der Waals surface area contributed by atoms with E-state index in [2.05, 4.69) is 5.32 Å². The monoisotopic (exact) mass is 171 g/mol. The van der Waals surface area contributed by atoms with Gasteiger partial charge in [0, 0.05) is 7.05 Å². The van der Waals surface area contributed by atoms with Crippen LogP contribution in [0.4, 0.5) is 0 Å². The van der Waals surface area contributed by atoms with Crippen LogP contribution in [0.2, 0.25) is 0 Å². The highest BCUT2D eigenvalue weighted by molar-refractivity contribution is 5.19. The summed E-state index contributed by atoms with van der Waals surface area (Å²) < 4.78 is 0. The molecule has 0 aromatic carbocycles. The smallest absolute Gasteiger partial charge is 0.299 e. The fraction of sp³-hybridized carbons (Fsp3) is 0.333. The molecule has 2 N–H and O–H groups in total. The van der Waals surface area contributed by atoms with Crippen molar-refractivity contribution in [2.45, 2.75) is 0 Å². The van der Waals surface area contributed by atoms with Crippen LogP contribution >= 0.6 is 0 Å². The molecule has 6 heteroatoms. The number of likely N-dealkylation sites (N-methyl/N-ethyl adjacent to an activating group) is 1. The van der Waals surface area contributed by atoms with Crippen molar-refractivity contribution in [2.75, 3.05) is 13.6 Å². The van der Waals surface area contributed by atoms with Gasteiger partial charge in [-0.2, -0.15) is 0 Å². The van der Waals surface area contributed by atoms with Crippen molar-refractivity contribution in [1.29, 1.82) is 0 Å². The topological polar surface area (TPSA) is 82.7 Å². The zero-order valence-corrected chi connectivity index (χ0v) is 6.53. The summed E-state index contributed by atoms with van der Waals surface area (Å²) in [6, 6.07) is 0. The lowest BCUT2D eigenvalue weighted by atomic mass is 10.2. The number of quaternary nitrogens is 1. The Morgan fingerprint density at radius 3 is 2.92 bits per heavy atom. The van der Waals surface area contributed by atoms with E-state index in [1.165, 1.54) is 12.3 Å². The first kappa shape index (κ1) is 8.69. The molecule has 0 aromatic heterocycles. The highest BCUT2D eigenvalue weighted by Crippen LogP contribution is 2.04. The summed E-state index contributed by atoms with van der Waals surface area (Å²) in [6.45, 7) is 0.0866. The van der Waals surface area contributed by atoms with E-state index >= 15 is 0 Å². The molecule has 0 saturated heterocycles. The first-order valence-corrected chi connectivity index (χ1v) is 3.41. The molecule has 0 bridgehead atoms. The van der Waals surface area contributed by atoms with Crippen molar-refractivity contribution in [2.24, 2.45) is 0 Å². The molecule has 0 aliphatic carbocycles. The number of hydrogen-bond donors (Lipinski definition) is 2. The minimum absolute atomic E-state index is 0.0305. The number of allylic oxidation sites excluding steroid dienone is 1. The molecular weight excluding hydrogens is 162 g/mol. The van der Waals surface area contributed by atoms with Crippen LogP contribution in [0.15, 0.2) is 23.7 Å². The van der Waals surface area contributed by atoms with Gasteiger partial charge in [-0.1, -0.05) is 0 Å². The van der Waals surface area contributed by atoms with Gasteiger partial charge in [0.1, 0.15) is 18.4 Å². The Labute approximate surface area is 68.9 Å². The van der Waals surface area contributed by atoms with Crippen molar-refractivity contribution in [1.82, 2.24) is 5.32 Å². The molecule has 0 fully saturated rings. The Bertz CT molecular complexity index is 259. The number of hydrogen-bond acceptors (Lipinski definition) is 4. The van der Waals surface area contributed by atoms with Crippen molar-refractivity contribution in [3.05, 3.63) is 39.0 Å². The van der Waals surface area contributed by atoms with Gasteiger partial charge in [0.2, 0.25) is 0 Å². The predicted octanol–water partition coefficient (Wildman–Crippen LogP) is -1.40. The number of nitrogens with zero attached hydrogens (tertiary/aromatic N) is 1. The van der Waals surface area contributed by atoms with Crippen molar-refractivity contribution < 1.29 is 9.99 Å². The fourth-order valence-corrected chi connectivity index (χ4v) is 0.984. The van der Waals surface area contributed by atoms with Gasteiger partial charge < -0.3 is 15.6 Å². The van der Waals surface area contributed by atoms with Crippen LogP contribution < -0.4 is 10.4 Å². The number of nitrogens with one attached hydrogen (secondary N) is 2. The average molecular weight is 171 g/mol. The molecule has 1 atom stereocenters. The Hall–Kier alpha value is -1.40. The maximum absolute atomic E-state index is 10.8. The van der Waals surface area contributed by atoms with Gasteiger partial charge in [-0.25, -0.2) is 0 Å². The SMILES string of the molecule is CNC1=C([N+](=O)[O-])C=C[NH+]([O-])C1. The molecule has 1 aliphatic heterocycles. The van der Waals surface area contributed by atoms with E-state index in [-0.39, 0.29) is 17.3 Å². The molecule has 12 heavy (non-hydrogen) atoms. The lowest BCUT2D eigenvalue weighted by molar-refractivity contribution is -0.787. The highest BCUT2D eigenvalue weighted by atomic mass is 16.6. The molecular formula is C6H9N3O3. The Balaban J connectivity index is 2.93. The van der Waals surface area contributed by atoms with Crippen molar-refractivity contribution in [3.63, 3.8) is 0 Å². The van der Waals surface area contributed by atoms with Crippen LogP contribution in [-0.4, -0.2) is 18.5 Å². The van der Waals surface area contributed by atoms with E-state index < -0.39 is 4.92 Å². The number of rotatable bonds is 2. The number of hydroxylamine groups is 2. The summed E-state index contributed by atoms with van der Waals surface area (Å²) >= 11 is 0. The fourth-order valence-electron chi connectivity index (χ4n) is 0.984. The molecule has 0 spiro atoms. The van der Waals surface area contributed by atoms with Gasteiger partial charge in [-0.15, -0.1) is 0 Å². The normalized spacial score (nSPS) is 22.7. The van der Waals surface area contributed by atoms with E-state index in [4.69, 9.17) is 0 Å². The number of nitro groups is 1. The van der Waals surface area contributed by atoms with Crippen LogP contribution in [0.5, 0.6) is 0 Å². The molecule has 0 aromatic rings. The summed E-state index contributed by atoms with van der Waals surface area (Å²) in [5, 5.41) is 23.7. The molecule has 6 nitrogen and oxygen atoms in total. The van der Waals surface area contributed by atoms with E-state index in [0.29, 0.717) is 5.70 Å². The van der Waals surface area contributed by atoms with Gasteiger partial charge in [-0.3, -0.25) is 10.1 Å². The first-order chi connectivity index (χ1) is 5.65. The van der Waals surface area contributed by atoms with Crippen LogP contribution in [0, 0.1) is 15.3 Å². The van der Waals surface area contributed by atoms with Crippen molar-refractivity contribution in [3.8, 4) is 0 Å². The van der Waals surface area contributed by atoms with Crippen LogP contribution in [-0.2, 0) is 0 Å². The predicted molar refractivity (Wildman–Crippen MR) is 41.4 cm³/mol. The zero-order chi connectivity index (χ0) is 9.14. The molecule has 1 aliphatic rings. The van der Waals surface area contributed by atoms with Gasteiger partial charge in [-0.05, 0) is 0 Å². The third kappa shape index (κ3) is 1.60. The molecule has 1 unspecified atom stereocenters. The maximum atomic E-state index is 10.8. The summed E-state index contributed by atoms with van der Waals surface area (Å²) in [6.07, 6.45) is 2.44. The van der Waals surface area contributed by atoms with E-state index in [0.717, 1.165) is 0 Å². The third-order valence-corrected chi connectivity index (χ3v) is 1.59. The van der Waals surface area contributed by atoms with Gasteiger partial charge >= 0.3 is 0 Å². The van der Waals surface area contributed by atoms with Gasteiger partial charge in [0.15, 0.2) is 0 Å². The summed E-state index contributed by atoms with van der Waals surface area (Å²) in [5.74, 6) is 0. The van der Waals surface area contributed by atoms with E-state index in [1.54, 1.807) is 7.05 Å². The van der Waals surface area contributed by atoms with Crippen LogP contribution in [0.1, 0.15) is 0 Å². The Morgan fingerprint density at radius 1 is 1.75 bits per heavy atom. The maximum Gasteiger partial charge on any atom is 0.299 e. The molecule has 66 valence electrons. The van der Waals surface area contributed by atoms with E-state index in [9.17, 15) is 15.3 Å².